The van der Waals surface area contributed by atoms with Gasteiger partial charge in [-0.2, -0.15) is 0 Å². The average molecular weight is 339 g/mol. The monoisotopic (exact) mass is 339 g/mol. The molecule has 3 rings (SSSR count). The zero-order chi connectivity index (χ0) is 17.5. The lowest BCUT2D eigenvalue weighted by Gasteiger charge is -2.09. The molecule has 0 aliphatic rings. The van der Waals surface area contributed by atoms with Crippen molar-refractivity contribution >= 4 is 11.7 Å². The number of aromatic nitrogens is 4. The predicted molar refractivity (Wildman–Crippen MR) is 90.9 cm³/mol. The van der Waals surface area contributed by atoms with Crippen molar-refractivity contribution in [2.24, 2.45) is 0 Å². The molecule has 8 nitrogen and oxygen atoms in total. The lowest BCUT2D eigenvalue weighted by Crippen LogP contribution is -2.21. The highest BCUT2D eigenvalue weighted by atomic mass is 16.5. The van der Waals surface area contributed by atoms with Gasteiger partial charge in [0.2, 0.25) is 0 Å². The number of benzene rings is 1. The number of hydrogen-bond donors (Lipinski definition) is 1. The van der Waals surface area contributed by atoms with Crippen molar-refractivity contribution in [2.75, 3.05) is 18.5 Å². The Morgan fingerprint density at radius 1 is 1.16 bits per heavy atom. The fourth-order valence-corrected chi connectivity index (χ4v) is 2.08. The van der Waals surface area contributed by atoms with Crippen molar-refractivity contribution in [1.29, 1.82) is 0 Å². The number of carbonyl (C=O) groups excluding carboxylic acids is 1. The number of amides is 1. The molecule has 0 saturated carbocycles. The van der Waals surface area contributed by atoms with Crippen LogP contribution in [0.1, 0.15) is 6.92 Å². The van der Waals surface area contributed by atoms with Gasteiger partial charge in [0.15, 0.2) is 6.61 Å². The standard InChI is InChI=1S/C17H17N5O3/c1-2-24-13-3-5-14(6-4-13)25-10-17(23)21-15-9-16(20-11-19-15)22-8-7-18-12-22/h3-9,11-12H,2,10H2,1H3,(H,19,20,21,23). The Kier molecular flexibility index (Phi) is 5.20. The molecular weight excluding hydrogens is 322 g/mol. The third-order valence-corrected chi connectivity index (χ3v) is 3.19. The molecule has 0 radical (unpaired) electrons. The molecule has 2 aromatic heterocycles. The highest BCUT2D eigenvalue weighted by molar-refractivity contribution is 5.91. The van der Waals surface area contributed by atoms with E-state index in [1.54, 1.807) is 53.6 Å². The molecule has 1 amide bonds. The smallest absolute Gasteiger partial charge is 0.263 e. The van der Waals surface area contributed by atoms with E-state index < -0.39 is 0 Å². The topological polar surface area (TPSA) is 91.2 Å². The van der Waals surface area contributed by atoms with Gasteiger partial charge in [0.1, 0.15) is 35.8 Å². The van der Waals surface area contributed by atoms with Crippen LogP contribution in [0.25, 0.3) is 5.82 Å². The van der Waals surface area contributed by atoms with E-state index >= 15 is 0 Å². The maximum atomic E-state index is 12.0. The molecular formula is C17H17N5O3. The Balaban J connectivity index is 1.55. The summed E-state index contributed by atoms with van der Waals surface area (Å²) in [6.45, 7) is 2.39. The van der Waals surface area contributed by atoms with Crippen molar-refractivity contribution < 1.29 is 14.3 Å². The SMILES string of the molecule is CCOc1ccc(OCC(=O)Nc2cc(-n3ccnc3)ncn2)cc1. The molecule has 8 heteroatoms. The Hall–Kier alpha value is -3.42. The summed E-state index contributed by atoms with van der Waals surface area (Å²) in [5.74, 6) is 2.02. The van der Waals surface area contributed by atoms with Crippen molar-refractivity contribution in [3.8, 4) is 17.3 Å². The van der Waals surface area contributed by atoms with Crippen molar-refractivity contribution in [1.82, 2.24) is 19.5 Å². The van der Waals surface area contributed by atoms with Gasteiger partial charge in [-0.05, 0) is 31.2 Å². The highest BCUT2D eigenvalue weighted by Gasteiger charge is 2.07. The number of hydrogen-bond acceptors (Lipinski definition) is 6. The van der Waals surface area contributed by atoms with Crippen LogP contribution in [-0.2, 0) is 4.79 Å². The number of anilines is 1. The quantitative estimate of drug-likeness (QED) is 0.709. The first-order valence-corrected chi connectivity index (χ1v) is 7.70. The summed E-state index contributed by atoms with van der Waals surface area (Å²) in [4.78, 5) is 24.1. The molecule has 0 atom stereocenters. The zero-order valence-electron chi connectivity index (χ0n) is 13.6. The molecule has 0 spiro atoms. The molecule has 25 heavy (non-hydrogen) atoms. The largest absolute Gasteiger partial charge is 0.494 e. The minimum atomic E-state index is -0.316. The van der Waals surface area contributed by atoms with Gasteiger partial charge >= 0.3 is 0 Å². The summed E-state index contributed by atoms with van der Waals surface area (Å²) in [6.07, 6.45) is 6.38. The average Bonchev–Trinajstić information content (AvgIpc) is 3.16. The molecule has 128 valence electrons. The molecule has 1 aromatic carbocycles. The van der Waals surface area contributed by atoms with Gasteiger partial charge in [0.25, 0.3) is 5.91 Å². The van der Waals surface area contributed by atoms with Gasteiger partial charge in [-0.25, -0.2) is 15.0 Å². The van der Waals surface area contributed by atoms with Crippen LogP contribution >= 0.6 is 0 Å². The highest BCUT2D eigenvalue weighted by Crippen LogP contribution is 2.17. The number of rotatable bonds is 7. The second-order valence-electron chi connectivity index (χ2n) is 4.97. The molecule has 0 unspecified atom stereocenters. The van der Waals surface area contributed by atoms with Crippen LogP contribution in [0.4, 0.5) is 5.82 Å². The van der Waals surface area contributed by atoms with E-state index in [2.05, 4.69) is 20.3 Å². The molecule has 0 fully saturated rings. The second kappa shape index (κ2) is 7.91. The summed E-state index contributed by atoms with van der Waals surface area (Å²) < 4.78 is 12.5. The molecule has 0 bridgehead atoms. The third kappa shape index (κ3) is 4.54. The summed E-state index contributed by atoms with van der Waals surface area (Å²) in [5, 5.41) is 2.67. The van der Waals surface area contributed by atoms with Crippen LogP contribution in [0.2, 0.25) is 0 Å². The zero-order valence-corrected chi connectivity index (χ0v) is 13.6. The Labute approximate surface area is 144 Å². The van der Waals surface area contributed by atoms with E-state index in [0.29, 0.717) is 24.0 Å². The van der Waals surface area contributed by atoms with Crippen LogP contribution in [0.3, 0.4) is 0 Å². The van der Waals surface area contributed by atoms with Crippen LogP contribution in [0.15, 0.2) is 55.4 Å². The lowest BCUT2D eigenvalue weighted by atomic mass is 10.3. The Bertz CT molecular complexity index is 819. The Morgan fingerprint density at radius 2 is 1.92 bits per heavy atom. The number of imidazole rings is 1. The van der Waals surface area contributed by atoms with Gasteiger partial charge in [-0.15, -0.1) is 0 Å². The summed E-state index contributed by atoms with van der Waals surface area (Å²) in [6, 6.07) is 8.73. The lowest BCUT2D eigenvalue weighted by molar-refractivity contribution is -0.118. The fraction of sp³-hybridized carbons (Fsp3) is 0.176. The maximum Gasteiger partial charge on any atom is 0.263 e. The molecule has 2 heterocycles. The van der Waals surface area contributed by atoms with Gasteiger partial charge in [-0.1, -0.05) is 0 Å². The minimum Gasteiger partial charge on any atom is -0.494 e. The normalized spacial score (nSPS) is 10.3. The maximum absolute atomic E-state index is 12.0. The number of nitrogens with zero attached hydrogens (tertiary/aromatic N) is 4. The van der Waals surface area contributed by atoms with Gasteiger partial charge in [0.05, 0.1) is 6.61 Å². The molecule has 0 aliphatic heterocycles. The van der Waals surface area contributed by atoms with E-state index in [9.17, 15) is 4.79 Å². The molecule has 0 aliphatic carbocycles. The van der Waals surface area contributed by atoms with Gasteiger partial charge in [0, 0.05) is 18.5 Å². The van der Waals surface area contributed by atoms with Crippen LogP contribution < -0.4 is 14.8 Å². The second-order valence-corrected chi connectivity index (χ2v) is 4.97. The summed E-state index contributed by atoms with van der Waals surface area (Å²) in [5.41, 5.74) is 0. The first kappa shape index (κ1) is 16.4. The molecule has 0 saturated heterocycles. The van der Waals surface area contributed by atoms with Gasteiger partial charge < -0.3 is 14.8 Å². The van der Waals surface area contributed by atoms with E-state index in [0.717, 1.165) is 5.75 Å². The number of ether oxygens (including phenoxy) is 2. The third-order valence-electron chi connectivity index (χ3n) is 3.19. The fourth-order valence-electron chi connectivity index (χ4n) is 2.08. The first-order chi connectivity index (χ1) is 12.2. The predicted octanol–water partition coefficient (Wildman–Crippen LogP) is 2.08. The van der Waals surface area contributed by atoms with E-state index in [1.807, 2.05) is 6.92 Å². The number of carbonyl (C=O) groups is 1. The van der Waals surface area contributed by atoms with E-state index in [-0.39, 0.29) is 12.5 Å². The van der Waals surface area contributed by atoms with Crippen LogP contribution in [0, 0.1) is 0 Å². The molecule has 1 N–H and O–H groups in total. The van der Waals surface area contributed by atoms with Crippen molar-refractivity contribution in [3.63, 3.8) is 0 Å². The molecule has 3 aromatic rings. The van der Waals surface area contributed by atoms with E-state index in [4.69, 9.17) is 9.47 Å². The van der Waals surface area contributed by atoms with Crippen LogP contribution in [0.5, 0.6) is 11.5 Å². The van der Waals surface area contributed by atoms with Crippen LogP contribution in [-0.4, -0.2) is 38.6 Å². The summed E-state index contributed by atoms with van der Waals surface area (Å²) in [7, 11) is 0. The minimum absolute atomic E-state index is 0.127. The van der Waals surface area contributed by atoms with E-state index in [1.165, 1.54) is 6.33 Å². The first-order valence-electron chi connectivity index (χ1n) is 7.70. The van der Waals surface area contributed by atoms with Crippen molar-refractivity contribution in [2.45, 2.75) is 6.92 Å². The Morgan fingerprint density at radius 3 is 2.60 bits per heavy atom. The van der Waals surface area contributed by atoms with Crippen molar-refractivity contribution in [3.05, 3.63) is 55.4 Å². The summed E-state index contributed by atoms with van der Waals surface area (Å²) >= 11 is 0. The van der Waals surface area contributed by atoms with Gasteiger partial charge in [-0.3, -0.25) is 9.36 Å². The number of nitrogens with one attached hydrogen (secondary N) is 1.